The molecule has 0 radical (unpaired) electrons. The maximum absolute atomic E-state index is 11.4. The van der Waals surface area contributed by atoms with Crippen LogP contribution in [0, 0.1) is 5.92 Å². The molecule has 0 unspecified atom stereocenters. The van der Waals surface area contributed by atoms with E-state index in [-0.39, 0.29) is 11.7 Å². The molecule has 0 N–H and O–H groups in total. The number of nitrogens with zero attached hydrogens (tertiary/aromatic N) is 1. The Morgan fingerprint density at radius 1 is 1.67 bits per heavy atom. The van der Waals surface area contributed by atoms with Crippen LogP contribution in [0.25, 0.3) is 0 Å². The molecular formula is C9H8ClNO. The average molecular weight is 182 g/mol. The number of pyridine rings is 1. The van der Waals surface area contributed by atoms with E-state index in [1.54, 1.807) is 12.3 Å². The lowest BCUT2D eigenvalue weighted by molar-refractivity contribution is 0.0946. The summed E-state index contributed by atoms with van der Waals surface area (Å²) in [4.78, 5) is 15.3. The lowest BCUT2D eigenvalue weighted by Crippen LogP contribution is -2.02. The van der Waals surface area contributed by atoms with E-state index in [1.807, 2.05) is 6.92 Å². The fourth-order valence-electron chi connectivity index (χ4n) is 1.55. The third-order valence-electron chi connectivity index (χ3n) is 2.20. The molecule has 0 aromatic carbocycles. The monoisotopic (exact) mass is 181 g/mol. The second kappa shape index (κ2) is 2.56. The molecule has 1 heterocycles. The van der Waals surface area contributed by atoms with E-state index in [1.165, 1.54) is 0 Å². The zero-order valence-electron chi connectivity index (χ0n) is 6.67. The van der Waals surface area contributed by atoms with Gasteiger partial charge >= 0.3 is 0 Å². The summed E-state index contributed by atoms with van der Waals surface area (Å²) in [5, 5.41) is 0.468. The van der Waals surface area contributed by atoms with Gasteiger partial charge in [-0.05, 0) is 18.1 Å². The van der Waals surface area contributed by atoms with Crippen LogP contribution in [-0.4, -0.2) is 10.8 Å². The lowest BCUT2D eigenvalue weighted by atomic mass is 10.1. The maximum Gasteiger partial charge on any atom is 0.167 e. The number of carbonyl (C=O) groups excluding carboxylic acids is 1. The van der Waals surface area contributed by atoms with E-state index < -0.39 is 0 Å². The van der Waals surface area contributed by atoms with Gasteiger partial charge in [-0.2, -0.15) is 0 Å². The van der Waals surface area contributed by atoms with Gasteiger partial charge in [-0.3, -0.25) is 4.79 Å². The van der Waals surface area contributed by atoms with Crippen molar-refractivity contribution in [3.63, 3.8) is 0 Å². The van der Waals surface area contributed by atoms with E-state index >= 15 is 0 Å². The summed E-state index contributed by atoms with van der Waals surface area (Å²) in [6.07, 6.45) is 2.37. The summed E-state index contributed by atoms with van der Waals surface area (Å²) in [6, 6.07) is 1.78. The van der Waals surface area contributed by atoms with Crippen LogP contribution in [0.2, 0.25) is 5.15 Å². The Morgan fingerprint density at radius 3 is 3.17 bits per heavy atom. The highest BCUT2D eigenvalue weighted by Gasteiger charge is 2.27. The van der Waals surface area contributed by atoms with E-state index in [4.69, 9.17) is 11.6 Å². The van der Waals surface area contributed by atoms with Crippen molar-refractivity contribution in [2.75, 3.05) is 0 Å². The predicted molar refractivity (Wildman–Crippen MR) is 46.4 cm³/mol. The molecule has 0 fully saturated rings. The highest BCUT2D eigenvalue weighted by Crippen LogP contribution is 2.27. The van der Waals surface area contributed by atoms with Gasteiger partial charge in [0.25, 0.3) is 0 Å². The molecule has 0 aliphatic heterocycles. The Bertz CT molecular complexity index is 348. The minimum absolute atomic E-state index is 0.0975. The number of halogens is 1. The SMILES string of the molecule is C[C@H]1Cc2cc(Cl)ncc2C1=O. The molecule has 0 bridgehead atoms. The molecule has 1 aromatic rings. The van der Waals surface area contributed by atoms with E-state index in [0.717, 1.165) is 17.5 Å². The average Bonchev–Trinajstić information content (AvgIpc) is 2.28. The van der Waals surface area contributed by atoms with Crippen LogP contribution >= 0.6 is 11.6 Å². The van der Waals surface area contributed by atoms with Gasteiger partial charge in [0.15, 0.2) is 5.78 Å². The molecular weight excluding hydrogens is 174 g/mol. The number of carbonyl (C=O) groups is 1. The number of rotatable bonds is 0. The molecule has 1 atom stereocenters. The quantitative estimate of drug-likeness (QED) is 0.574. The van der Waals surface area contributed by atoms with Gasteiger partial charge in [0.2, 0.25) is 0 Å². The van der Waals surface area contributed by atoms with Gasteiger partial charge in [-0.15, -0.1) is 0 Å². The third-order valence-corrected chi connectivity index (χ3v) is 2.40. The molecule has 1 aliphatic carbocycles. The molecule has 0 saturated carbocycles. The topological polar surface area (TPSA) is 30.0 Å². The van der Waals surface area contributed by atoms with Gasteiger partial charge in [0.1, 0.15) is 5.15 Å². The normalized spacial score (nSPS) is 21.2. The summed E-state index contributed by atoms with van der Waals surface area (Å²) in [6.45, 7) is 1.93. The summed E-state index contributed by atoms with van der Waals surface area (Å²) in [7, 11) is 0. The van der Waals surface area contributed by atoms with Gasteiger partial charge in [0.05, 0.1) is 0 Å². The zero-order chi connectivity index (χ0) is 8.72. The summed E-state index contributed by atoms with van der Waals surface area (Å²) >= 11 is 5.70. The minimum atomic E-state index is 0.0975. The summed E-state index contributed by atoms with van der Waals surface area (Å²) in [5.74, 6) is 0.287. The van der Waals surface area contributed by atoms with E-state index in [9.17, 15) is 4.79 Å². The number of hydrogen-bond acceptors (Lipinski definition) is 2. The van der Waals surface area contributed by atoms with Crippen molar-refractivity contribution in [3.05, 3.63) is 28.5 Å². The first-order chi connectivity index (χ1) is 5.68. The Morgan fingerprint density at radius 2 is 2.42 bits per heavy atom. The van der Waals surface area contributed by atoms with Crippen LogP contribution in [0.3, 0.4) is 0 Å². The third kappa shape index (κ3) is 1.03. The second-order valence-corrected chi connectivity index (χ2v) is 3.52. The first-order valence-electron chi connectivity index (χ1n) is 3.87. The van der Waals surface area contributed by atoms with Gasteiger partial charge in [-0.25, -0.2) is 4.98 Å². The maximum atomic E-state index is 11.4. The number of fused-ring (bicyclic) bond motifs is 1. The molecule has 12 heavy (non-hydrogen) atoms. The van der Waals surface area contributed by atoms with Gasteiger partial charge < -0.3 is 0 Å². The number of hydrogen-bond donors (Lipinski definition) is 0. The first-order valence-corrected chi connectivity index (χ1v) is 4.25. The highest BCUT2D eigenvalue weighted by atomic mass is 35.5. The van der Waals surface area contributed by atoms with Crippen LogP contribution < -0.4 is 0 Å². The standard InChI is InChI=1S/C9H8ClNO/c1-5-2-6-3-8(10)11-4-7(6)9(5)12/h3-5H,2H2,1H3/t5-/m0/s1. The lowest BCUT2D eigenvalue weighted by Gasteiger charge is -1.94. The molecule has 2 rings (SSSR count). The second-order valence-electron chi connectivity index (χ2n) is 3.13. The van der Waals surface area contributed by atoms with E-state index in [0.29, 0.717) is 5.15 Å². The van der Waals surface area contributed by atoms with Crippen molar-refractivity contribution in [1.29, 1.82) is 0 Å². The molecule has 3 heteroatoms. The summed E-state index contributed by atoms with van der Waals surface area (Å²) < 4.78 is 0. The van der Waals surface area contributed by atoms with Crippen molar-refractivity contribution in [1.82, 2.24) is 4.98 Å². The number of ketones is 1. The minimum Gasteiger partial charge on any atom is -0.294 e. The van der Waals surface area contributed by atoms with Crippen molar-refractivity contribution >= 4 is 17.4 Å². The molecule has 62 valence electrons. The van der Waals surface area contributed by atoms with Crippen LogP contribution in [0.5, 0.6) is 0 Å². The fraction of sp³-hybridized carbons (Fsp3) is 0.333. The van der Waals surface area contributed by atoms with Crippen molar-refractivity contribution in [2.24, 2.45) is 5.92 Å². The summed E-state index contributed by atoms with van der Waals surface area (Å²) in [5.41, 5.74) is 1.78. The van der Waals surface area contributed by atoms with Crippen LogP contribution in [-0.2, 0) is 6.42 Å². The van der Waals surface area contributed by atoms with Crippen molar-refractivity contribution < 1.29 is 4.79 Å². The number of Topliss-reactive ketones (excluding diaryl/α,β-unsaturated/α-hetero) is 1. The fourth-order valence-corrected chi connectivity index (χ4v) is 1.73. The van der Waals surface area contributed by atoms with Crippen molar-refractivity contribution in [2.45, 2.75) is 13.3 Å². The Hall–Kier alpha value is -0.890. The first kappa shape index (κ1) is 7.74. The molecule has 0 saturated heterocycles. The van der Waals surface area contributed by atoms with Crippen LogP contribution in [0.15, 0.2) is 12.3 Å². The Balaban J connectivity index is 2.54. The highest BCUT2D eigenvalue weighted by molar-refractivity contribution is 6.29. The van der Waals surface area contributed by atoms with Crippen LogP contribution in [0.1, 0.15) is 22.8 Å². The Kier molecular flexibility index (Phi) is 1.65. The van der Waals surface area contributed by atoms with Crippen molar-refractivity contribution in [3.8, 4) is 0 Å². The Labute approximate surface area is 75.6 Å². The zero-order valence-corrected chi connectivity index (χ0v) is 7.43. The molecule has 2 nitrogen and oxygen atoms in total. The van der Waals surface area contributed by atoms with E-state index in [2.05, 4.69) is 4.98 Å². The smallest absolute Gasteiger partial charge is 0.167 e. The van der Waals surface area contributed by atoms with Crippen LogP contribution in [0.4, 0.5) is 0 Å². The van der Waals surface area contributed by atoms with Gasteiger partial charge in [0, 0.05) is 17.7 Å². The predicted octanol–water partition coefficient (Wildman–Crippen LogP) is 2.11. The van der Waals surface area contributed by atoms with Gasteiger partial charge in [-0.1, -0.05) is 18.5 Å². The molecule has 0 spiro atoms. The number of aromatic nitrogens is 1. The largest absolute Gasteiger partial charge is 0.294 e. The molecule has 0 amide bonds. The molecule has 1 aromatic heterocycles. The molecule has 1 aliphatic rings.